The minimum atomic E-state index is 0.0866. The molecule has 4 nitrogen and oxygen atoms in total. The average molecular weight is 301 g/mol. The van der Waals surface area contributed by atoms with Crippen LogP contribution in [0.15, 0.2) is 30.3 Å². The maximum atomic E-state index is 12.2. The largest absolute Gasteiger partial charge is 0.334 e. The molecule has 1 aromatic rings. The van der Waals surface area contributed by atoms with E-state index in [-0.39, 0.29) is 6.03 Å². The van der Waals surface area contributed by atoms with Gasteiger partial charge in [0.1, 0.15) is 0 Å². The summed E-state index contributed by atoms with van der Waals surface area (Å²) in [6.07, 6.45) is 5.02. The molecule has 2 aliphatic heterocycles. The van der Waals surface area contributed by atoms with Crippen LogP contribution in [0.25, 0.3) is 0 Å². The van der Waals surface area contributed by atoms with E-state index < -0.39 is 0 Å². The Bertz CT molecular complexity index is 462. The number of nitrogens with one attached hydrogen (secondary N) is 1. The number of piperidine rings is 1. The molecule has 2 saturated heterocycles. The van der Waals surface area contributed by atoms with Crippen LogP contribution in [0.2, 0.25) is 0 Å². The van der Waals surface area contributed by atoms with E-state index in [4.69, 9.17) is 0 Å². The van der Waals surface area contributed by atoms with Gasteiger partial charge in [0.2, 0.25) is 0 Å². The number of urea groups is 1. The lowest BCUT2D eigenvalue weighted by molar-refractivity contribution is 0.154. The van der Waals surface area contributed by atoms with E-state index >= 15 is 0 Å². The smallest absolute Gasteiger partial charge is 0.317 e. The van der Waals surface area contributed by atoms with E-state index in [0.29, 0.717) is 6.54 Å². The number of hydrogen-bond acceptors (Lipinski definition) is 2. The molecule has 0 saturated carbocycles. The third-order valence-electron chi connectivity index (χ3n) is 4.90. The van der Waals surface area contributed by atoms with Gasteiger partial charge in [0.25, 0.3) is 0 Å². The molecule has 3 rings (SSSR count). The Labute approximate surface area is 133 Å². The maximum absolute atomic E-state index is 12.2. The lowest BCUT2D eigenvalue weighted by atomic mass is 9.96. The summed E-state index contributed by atoms with van der Waals surface area (Å²) < 4.78 is 0. The first-order chi connectivity index (χ1) is 10.8. The molecule has 2 fully saturated rings. The van der Waals surface area contributed by atoms with Crippen LogP contribution in [0.3, 0.4) is 0 Å². The van der Waals surface area contributed by atoms with Crippen molar-refractivity contribution in [2.45, 2.75) is 32.2 Å². The van der Waals surface area contributed by atoms with Gasteiger partial charge in [-0.15, -0.1) is 0 Å². The number of benzene rings is 1. The van der Waals surface area contributed by atoms with Crippen LogP contribution in [0.4, 0.5) is 4.79 Å². The third kappa shape index (κ3) is 4.23. The second-order valence-corrected chi connectivity index (χ2v) is 6.58. The minimum absolute atomic E-state index is 0.0866. The number of nitrogens with zero attached hydrogens (tertiary/aromatic N) is 2. The first-order valence-corrected chi connectivity index (χ1v) is 8.60. The second kappa shape index (κ2) is 7.63. The van der Waals surface area contributed by atoms with Crippen molar-refractivity contribution in [1.29, 1.82) is 0 Å². The number of likely N-dealkylation sites (tertiary alicyclic amines) is 2. The number of rotatable bonds is 4. The number of carbonyl (C=O) groups excluding carboxylic acids is 1. The maximum Gasteiger partial charge on any atom is 0.317 e. The standard InChI is InChI=1S/C18H27N3O/c22-18(19-14-16-6-2-1-3-7-16)21-12-8-17(9-13-21)15-20-10-4-5-11-20/h1-3,6-7,17H,4-5,8-15H2,(H,19,22). The summed E-state index contributed by atoms with van der Waals surface area (Å²) in [5.74, 6) is 0.774. The fourth-order valence-electron chi connectivity index (χ4n) is 3.53. The van der Waals surface area contributed by atoms with Crippen molar-refractivity contribution in [3.8, 4) is 0 Å². The normalized spacial score (nSPS) is 20.3. The highest BCUT2D eigenvalue weighted by Crippen LogP contribution is 2.20. The zero-order chi connectivity index (χ0) is 15.2. The van der Waals surface area contributed by atoms with Gasteiger partial charge in [0, 0.05) is 26.2 Å². The van der Waals surface area contributed by atoms with Gasteiger partial charge in [-0.25, -0.2) is 4.79 Å². The highest BCUT2D eigenvalue weighted by atomic mass is 16.2. The molecule has 0 unspecified atom stereocenters. The predicted octanol–water partition coefficient (Wildman–Crippen LogP) is 2.70. The second-order valence-electron chi connectivity index (χ2n) is 6.58. The SMILES string of the molecule is O=C(NCc1ccccc1)N1CCC(CN2CCCC2)CC1. The first-order valence-electron chi connectivity index (χ1n) is 8.60. The Kier molecular flexibility index (Phi) is 5.33. The zero-order valence-electron chi connectivity index (χ0n) is 13.3. The molecule has 1 N–H and O–H groups in total. The molecule has 0 bridgehead atoms. The molecule has 0 aliphatic carbocycles. The molecule has 2 amide bonds. The molecule has 0 spiro atoms. The van der Waals surface area contributed by atoms with Crippen LogP contribution < -0.4 is 5.32 Å². The van der Waals surface area contributed by atoms with E-state index in [1.54, 1.807) is 0 Å². The van der Waals surface area contributed by atoms with Crippen LogP contribution in [0.5, 0.6) is 0 Å². The molecule has 4 heteroatoms. The molecular weight excluding hydrogens is 274 g/mol. The molecule has 0 radical (unpaired) electrons. The van der Waals surface area contributed by atoms with E-state index in [1.165, 1.54) is 32.5 Å². The zero-order valence-corrected chi connectivity index (χ0v) is 13.3. The van der Waals surface area contributed by atoms with Crippen molar-refractivity contribution in [3.05, 3.63) is 35.9 Å². The molecule has 2 heterocycles. The van der Waals surface area contributed by atoms with Crippen LogP contribution in [-0.4, -0.2) is 48.6 Å². The van der Waals surface area contributed by atoms with E-state index in [0.717, 1.165) is 37.4 Å². The van der Waals surface area contributed by atoms with E-state index in [9.17, 15) is 4.79 Å². The molecule has 0 aromatic heterocycles. The summed E-state index contributed by atoms with van der Waals surface area (Å²) in [6, 6.07) is 10.2. The Morgan fingerprint density at radius 2 is 1.73 bits per heavy atom. The molecule has 2 aliphatic rings. The lowest BCUT2D eigenvalue weighted by Crippen LogP contribution is -2.45. The molecule has 22 heavy (non-hydrogen) atoms. The summed E-state index contributed by atoms with van der Waals surface area (Å²) in [5.41, 5.74) is 1.15. The van der Waals surface area contributed by atoms with Gasteiger partial charge in [-0.05, 0) is 50.3 Å². The van der Waals surface area contributed by atoms with Crippen LogP contribution >= 0.6 is 0 Å². The number of carbonyl (C=O) groups is 1. The predicted molar refractivity (Wildman–Crippen MR) is 88.6 cm³/mol. The summed E-state index contributed by atoms with van der Waals surface area (Å²) in [5, 5.41) is 3.03. The average Bonchev–Trinajstić information content (AvgIpc) is 3.07. The highest BCUT2D eigenvalue weighted by Gasteiger charge is 2.24. The monoisotopic (exact) mass is 301 g/mol. The molecule has 0 atom stereocenters. The topological polar surface area (TPSA) is 35.6 Å². The van der Waals surface area contributed by atoms with Crippen molar-refractivity contribution >= 4 is 6.03 Å². The molecular formula is C18H27N3O. The number of amides is 2. The summed E-state index contributed by atoms with van der Waals surface area (Å²) in [7, 11) is 0. The van der Waals surface area contributed by atoms with Gasteiger partial charge in [-0.1, -0.05) is 30.3 Å². The van der Waals surface area contributed by atoms with Gasteiger partial charge in [-0.3, -0.25) is 0 Å². The Hall–Kier alpha value is -1.55. The van der Waals surface area contributed by atoms with Crippen molar-refractivity contribution in [2.24, 2.45) is 5.92 Å². The fraction of sp³-hybridized carbons (Fsp3) is 0.611. The Morgan fingerprint density at radius 1 is 1.05 bits per heavy atom. The van der Waals surface area contributed by atoms with Crippen LogP contribution in [0, 0.1) is 5.92 Å². The Balaban J connectivity index is 1.38. The van der Waals surface area contributed by atoms with Gasteiger partial charge in [-0.2, -0.15) is 0 Å². The van der Waals surface area contributed by atoms with Crippen molar-refractivity contribution in [2.75, 3.05) is 32.7 Å². The van der Waals surface area contributed by atoms with Crippen LogP contribution in [0.1, 0.15) is 31.2 Å². The lowest BCUT2D eigenvalue weighted by Gasteiger charge is -2.33. The molecule has 1 aromatic carbocycles. The van der Waals surface area contributed by atoms with E-state index in [2.05, 4.69) is 10.2 Å². The third-order valence-corrected chi connectivity index (χ3v) is 4.90. The van der Waals surface area contributed by atoms with Gasteiger partial charge in [0.15, 0.2) is 0 Å². The van der Waals surface area contributed by atoms with Crippen molar-refractivity contribution in [3.63, 3.8) is 0 Å². The van der Waals surface area contributed by atoms with Crippen LogP contribution in [-0.2, 0) is 6.54 Å². The Morgan fingerprint density at radius 3 is 2.41 bits per heavy atom. The van der Waals surface area contributed by atoms with Gasteiger partial charge >= 0.3 is 6.03 Å². The molecule has 120 valence electrons. The summed E-state index contributed by atoms with van der Waals surface area (Å²) in [4.78, 5) is 16.8. The quantitative estimate of drug-likeness (QED) is 0.928. The van der Waals surface area contributed by atoms with Crippen molar-refractivity contribution < 1.29 is 4.79 Å². The highest BCUT2D eigenvalue weighted by molar-refractivity contribution is 5.74. The minimum Gasteiger partial charge on any atom is -0.334 e. The fourth-order valence-corrected chi connectivity index (χ4v) is 3.53. The van der Waals surface area contributed by atoms with Gasteiger partial charge in [0.05, 0.1) is 0 Å². The number of hydrogen-bond donors (Lipinski definition) is 1. The summed E-state index contributed by atoms with van der Waals surface area (Å²) >= 11 is 0. The van der Waals surface area contributed by atoms with Crippen molar-refractivity contribution in [1.82, 2.24) is 15.1 Å². The van der Waals surface area contributed by atoms with Gasteiger partial charge < -0.3 is 15.1 Å². The summed E-state index contributed by atoms with van der Waals surface area (Å²) in [6.45, 7) is 6.21. The van der Waals surface area contributed by atoms with E-state index in [1.807, 2.05) is 35.2 Å². The first kappa shape index (κ1) is 15.3.